The summed E-state index contributed by atoms with van der Waals surface area (Å²) in [7, 11) is -3.96. The Bertz CT molecular complexity index is 1080. The topological polar surface area (TPSA) is 101 Å². The molecule has 0 aromatic heterocycles. The van der Waals surface area contributed by atoms with Crippen LogP contribution in [0.4, 0.5) is 10.1 Å². The number of aryl methyl sites for hydroxylation is 2. The van der Waals surface area contributed by atoms with E-state index in [1.165, 1.54) is 33.5 Å². The number of piperazine rings is 1. The number of amides is 1. The Labute approximate surface area is 167 Å². The van der Waals surface area contributed by atoms with Gasteiger partial charge < -0.3 is 4.90 Å². The van der Waals surface area contributed by atoms with Crippen LogP contribution >= 0.6 is 0 Å². The number of hydrogen-bond acceptors (Lipinski definition) is 5. The molecule has 8 nitrogen and oxygen atoms in total. The summed E-state index contributed by atoms with van der Waals surface area (Å²) in [4.78, 5) is 24.2. The van der Waals surface area contributed by atoms with Crippen LogP contribution in [0, 0.1) is 29.8 Å². The number of non-ortho nitro benzene ring substituents is 1. The second-order valence-electron chi connectivity index (χ2n) is 6.89. The SMILES string of the molecule is Cc1ccc(F)c(C(=O)N2CCN(S(=O)(=O)c3cc([N+](=O)[O-])ccc3C)CC2)c1. The number of benzene rings is 2. The highest BCUT2D eigenvalue weighted by Crippen LogP contribution is 2.26. The predicted molar refractivity (Wildman–Crippen MR) is 104 cm³/mol. The molecule has 1 aliphatic heterocycles. The van der Waals surface area contributed by atoms with Crippen molar-refractivity contribution < 1.29 is 22.5 Å². The second-order valence-corrected chi connectivity index (χ2v) is 8.79. The Hall–Kier alpha value is -2.85. The van der Waals surface area contributed by atoms with Gasteiger partial charge in [-0.2, -0.15) is 4.31 Å². The van der Waals surface area contributed by atoms with Gasteiger partial charge in [0.1, 0.15) is 5.82 Å². The molecule has 0 bridgehead atoms. The molecule has 1 aliphatic rings. The van der Waals surface area contributed by atoms with Crippen LogP contribution in [-0.2, 0) is 10.0 Å². The van der Waals surface area contributed by atoms with E-state index in [-0.39, 0.29) is 42.3 Å². The molecule has 2 aromatic rings. The Morgan fingerprint density at radius 1 is 1.07 bits per heavy atom. The molecule has 0 aliphatic carbocycles. The quantitative estimate of drug-likeness (QED) is 0.558. The molecule has 29 heavy (non-hydrogen) atoms. The molecule has 154 valence electrons. The highest BCUT2D eigenvalue weighted by molar-refractivity contribution is 7.89. The van der Waals surface area contributed by atoms with Crippen molar-refractivity contribution in [1.29, 1.82) is 0 Å². The molecule has 3 rings (SSSR count). The van der Waals surface area contributed by atoms with E-state index in [9.17, 15) is 27.7 Å². The van der Waals surface area contributed by atoms with Crippen LogP contribution in [0.1, 0.15) is 21.5 Å². The molecule has 1 fully saturated rings. The van der Waals surface area contributed by atoms with Crippen LogP contribution in [0.25, 0.3) is 0 Å². The summed E-state index contributed by atoms with van der Waals surface area (Å²) in [6.07, 6.45) is 0. The molecule has 0 atom stereocenters. The third-order valence-corrected chi connectivity index (χ3v) is 6.92. The first-order chi connectivity index (χ1) is 13.6. The van der Waals surface area contributed by atoms with Crippen molar-refractivity contribution in [3.63, 3.8) is 0 Å². The number of nitrogens with zero attached hydrogens (tertiary/aromatic N) is 3. The zero-order valence-electron chi connectivity index (χ0n) is 16.0. The van der Waals surface area contributed by atoms with Crippen LogP contribution in [0.3, 0.4) is 0 Å². The second kappa shape index (κ2) is 7.88. The van der Waals surface area contributed by atoms with Gasteiger partial charge in [-0.25, -0.2) is 12.8 Å². The molecule has 10 heteroatoms. The van der Waals surface area contributed by atoms with E-state index in [0.717, 1.165) is 11.6 Å². The standard InChI is InChI=1S/C19H20FN3O5S/c1-13-3-6-17(20)16(11-13)19(24)21-7-9-22(10-8-21)29(27,28)18-12-15(23(25)26)5-4-14(18)2/h3-6,11-12H,7-10H2,1-2H3. The van der Waals surface area contributed by atoms with Gasteiger partial charge >= 0.3 is 0 Å². The Balaban J connectivity index is 1.78. The lowest BCUT2D eigenvalue weighted by atomic mass is 10.1. The molecule has 1 amide bonds. The molecule has 2 aromatic carbocycles. The fourth-order valence-electron chi connectivity index (χ4n) is 3.22. The van der Waals surface area contributed by atoms with E-state index in [1.54, 1.807) is 19.9 Å². The summed E-state index contributed by atoms with van der Waals surface area (Å²) in [5.41, 5.74) is 0.793. The minimum absolute atomic E-state index is 0.0175. The van der Waals surface area contributed by atoms with Crippen LogP contribution in [0.5, 0.6) is 0 Å². The van der Waals surface area contributed by atoms with Gasteiger partial charge in [-0.15, -0.1) is 0 Å². The minimum atomic E-state index is -3.96. The van der Waals surface area contributed by atoms with Crippen LogP contribution in [0.15, 0.2) is 41.3 Å². The van der Waals surface area contributed by atoms with Gasteiger partial charge in [0.2, 0.25) is 10.0 Å². The third-order valence-electron chi connectivity index (χ3n) is 4.88. The van der Waals surface area contributed by atoms with Crippen molar-refractivity contribution in [3.8, 4) is 0 Å². The van der Waals surface area contributed by atoms with Gasteiger partial charge in [0.05, 0.1) is 15.4 Å². The third kappa shape index (κ3) is 4.13. The van der Waals surface area contributed by atoms with Crippen molar-refractivity contribution in [2.24, 2.45) is 0 Å². The Morgan fingerprint density at radius 3 is 2.34 bits per heavy atom. The smallest absolute Gasteiger partial charge is 0.270 e. The molecule has 1 saturated heterocycles. The van der Waals surface area contributed by atoms with Gasteiger partial charge in [-0.05, 0) is 31.5 Å². The first kappa shape index (κ1) is 20.9. The maximum absolute atomic E-state index is 14.0. The van der Waals surface area contributed by atoms with E-state index >= 15 is 0 Å². The summed E-state index contributed by atoms with van der Waals surface area (Å²) in [5, 5.41) is 11.0. The van der Waals surface area contributed by atoms with Gasteiger partial charge in [0.25, 0.3) is 11.6 Å². The minimum Gasteiger partial charge on any atom is -0.336 e. The molecule has 0 saturated carbocycles. The first-order valence-electron chi connectivity index (χ1n) is 8.92. The van der Waals surface area contributed by atoms with Crippen LogP contribution in [-0.4, -0.2) is 54.6 Å². The van der Waals surface area contributed by atoms with E-state index in [0.29, 0.717) is 5.56 Å². The molecule has 0 unspecified atom stereocenters. The summed E-state index contributed by atoms with van der Waals surface area (Å²) < 4.78 is 41.1. The summed E-state index contributed by atoms with van der Waals surface area (Å²) in [6.45, 7) is 3.55. The monoisotopic (exact) mass is 421 g/mol. The maximum atomic E-state index is 14.0. The largest absolute Gasteiger partial charge is 0.336 e. The fraction of sp³-hybridized carbons (Fsp3) is 0.316. The average Bonchev–Trinajstić information content (AvgIpc) is 2.69. The number of rotatable bonds is 4. The lowest BCUT2D eigenvalue weighted by Gasteiger charge is -2.34. The van der Waals surface area contributed by atoms with E-state index < -0.39 is 26.7 Å². The van der Waals surface area contributed by atoms with Crippen LogP contribution in [0.2, 0.25) is 0 Å². The number of nitro benzene ring substituents is 1. The van der Waals surface area contributed by atoms with Crippen molar-refractivity contribution in [3.05, 3.63) is 69.0 Å². The van der Waals surface area contributed by atoms with Gasteiger partial charge in [0.15, 0.2) is 0 Å². The zero-order chi connectivity index (χ0) is 21.3. The van der Waals surface area contributed by atoms with E-state index in [2.05, 4.69) is 0 Å². The van der Waals surface area contributed by atoms with Crippen molar-refractivity contribution in [1.82, 2.24) is 9.21 Å². The number of sulfonamides is 1. The van der Waals surface area contributed by atoms with Crippen molar-refractivity contribution >= 4 is 21.6 Å². The summed E-state index contributed by atoms with van der Waals surface area (Å²) in [5.74, 6) is -1.11. The zero-order valence-corrected chi connectivity index (χ0v) is 16.8. The molecule has 0 N–H and O–H groups in total. The molecule has 0 radical (unpaired) electrons. The van der Waals surface area contributed by atoms with Crippen molar-refractivity contribution in [2.75, 3.05) is 26.2 Å². The number of hydrogen-bond donors (Lipinski definition) is 0. The first-order valence-corrected chi connectivity index (χ1v) is 10.4. The van der Waals surface area contributed by atoms with Gasteiger partial charge in [-0.1, -0.05) is 17.7 Å². The highest BCUT2D eigenvalue weighted by atomic mass is 32.2. The Morgan fingerprint density at radius 2 is 1.72 bits per heavy atom. The molecule has 0 spiro atoms. The van der Waals surface area contributed by atoms with Gasteiger partial charge in [0, 0.05) is 38.3 Å². The number of carbonyl (C=O) groups excluding carboxylic acids is 1. The lowest BCUT2D eigenvalue weighted by molar-refractivity contribution is -0.385. The van der Waals surface area contributed by atoms with E-state index in [4.69, 9.17) is 0 Å². The molecular weight excluding hydrogens is 401 g/mol. The molecule has 1 heterocycles. The molecular formula is C19H20FN3O5S. The average molecular weight is 421 g/mol. The highest BCUT2D eigenvalue weighted by Gasteiger charge is 2.32. The maximum Gasteiger partial charge on any atom is 0.270 e. The normalized spacial score (nSPS) is 15.3. The fourth-order valence-corrected chi connectivity index (χ4v) is 4.89. The number of halogens is 1. The summed E-state index contributed by atoms with van der Waals surface area (Å²) >= 11 is 0. The predicted octanol–water partition coefficient (Wildman–Crippen LogP) is 2.50. The van der Waals surface area contributed by atoms with E-state index in [1.807, 2.05) is 0 Å². The van der Waals surface area contributed by atoms with Crippen molar-refractivity contribution in [2.45, 2.75) is 18.7 Å². The number of carbonyl (C=O) groups is 1. The Kier molecular flexibility index (Phi) is 5.67. The number of nitro groups is 1. The summed E-state index contributed by atoms with van der Waals surface area (Å²) in [6, 6.07) is 7.95. The van der Waals surface area contributed by atoms with Gasteiger partial charge in [-0.3, -0.25) is 14.9 Å². The van der Waals surface area contributed by atoms with Crippen LogP contribution < -0.4 is 0 Å². The lowest BCUT2D eigenvalue weighted by Crippen LogP contribution is -2.50.